The van der Waals surface area contributed by atoms with Gasteiger partial charge in [0, 0.05) is 24.9 Å². The highest BCUT2D eigenvalue weighted by molar-refractivity contribution is 6.78. The molecule has 0 fully saturated rings. The van der Waals surface area contributed by atoms with Crippen molar-refractivity contribution in [3.05, 3.63) is 52.6 Å². The number of hydrogen-bond donors (Lipinski definition) is 0. The molecule has 0 aliphatic carbocycles. The van der Waals surface area contributed by atoms with Crippen LogP contribution in [0.1, 0.15) is 118 Å². The average molecular weight is 773 g/mol. The molecule has 52 heavy (non-hydrogen) atoms. The van der Waals surface area contributed by atoms with Crippen molar-refractivity contribution in [1.82, 2.24) is 0 Å². The highest BCUT2D eigenvalue weighted by Gasteiger charge is 2.43. The third-order valence-corrected chi connectivity index (χ3v) is 22.1. The molecule has 1 nitrogen and oxygen atoms in total. The minimum Gasteiger partial charge on any atom is -0.539 e. The molecular formula is C41H56F8OSi2. The third kappa shape index (κ3) is 8.60. The smallest absolute Gasteiger partial charge is 0.254 e. The number of halogens is 8. The number of hydrogen-bond acceptors (Lipinski definition) is 1. The van der Waals surface area contributed by atoms with Crippen LogP contribution in [0.3, 0.4) is 0 Å². The Morgan fingerprint density at radius 2 is 0.846 bits per heavy atom. The van der Waals surface area contributed by atoms with Crippen molar-refractivity contribution in [1.29, 1.82) is 0 Å². The van der Waals surface area contributed by atoms with Crippen LogP contribution in [0, 0.1) is 46.5 Å². The number of unbranched alkanes of at least 4 members (excludes halogenated alkanes) is 11. The Morgan fingerprint density at radius 1 is 0.481 bits per heavy atom. The summed E-state index contributed by atoms with van der Waals surface area (Å²) in [5.41, 5.74) is -0.172. The molecule has 4 rings (SSSR count). The van der Waals surface area contributed by atoms with E-state index in [1.807, 2.05) is 13.8 Å². The molecule has 0 amide bonds. The average Bonchev–Trinajstić information content (AvgIpc) is 3.11. The van der Waals surface area contributed by atoms with E-state index in [2.05, 4.69) is 27.3 Å². The first-order chi connectivity index (χ1) is 24.7. The summed E-state index contributed by atoms with van der Waals surface area (Å²) in [7, 11) is -4.29. The van der Waals surface area contributed by atoms with Gasteiger partial charge < -0.3 is 4.43 Å². The molecule has 0 aliphatic rings. The fraction of sp³-hybridized carbons (Fsp3) is 0.610. The van der Waals surface area contributed by atoms with Crippen molar-refractivity contribution in [2.75, 3.05) is 0 Å². The van der Waals surface area contributed by atoms with E-state index in [9.17, 15) is 8.78 Å². The molecule has 1 atom stereocenters. The molecule has 0 heterocycles. The summed E-state index contributed by atoms with van der Waals surface area (Å²) in [5, 5.41) is -6.80. The Bertz CT molecular complexity index is 1720. The van der Waals surface area contributed by atoms with Crippen molar-refractivity contribution in [2.45, 2.75) is 160 Å². The summed E-state index contributed by atoms with van der Waals surface area (Å²) < 4.78 is 131. The van der Waals surface area contributed by atoms with Crippen LogP contribution in [0.15, 0.2) is 6.07 Å². The molecule has 1 unspecified atom stereocenters. The third-order valence-electron chi connectivity index (χ3n) is 12.0. The van der Waals surface area contributed by atoms with E-state index in [-0.39, 0.29) is 11.6 Å². The highest BCUT2D eigenvalue weighted by atomic mass is 28.4. The molecular weight excluding hydrogens is 717 g/mol. The Balaban J connectivity index is 1.71. The van der Waals surface area contributed by atoms with Gasteiger partial charge in [-0.05, 0) is 17.6 Å². The van der Waals surface area contributed by atoms with Gasteiger partial charge in [0.15, 0.2) is 40.7 Å². The second-order valence-corrected chi connectivity index (χ2v) is 25.7. The number of rotatable bonds is 22. The maximum absolute atomic E-state index is 16.5. The fourth-order valence-corrected chi connectivity index (χ4v) is 14.4. The molecule has 0 aliphatic heterocycles. The van der Waals surface area contributed by atoms with Gasteiger partial charge in [0.2, 0.25) is 0 Å². The largest absolute Gasteiger partial charge is 0.539 e. The van der Waals surface area contributed by atoms with Crippen LogP contribution in [0.25, 0.3) is 32.3 Å². The lowest BCUT2D eigenvalue weighted by atomic mass is 9.91. The van der Waals surface area contributed by atoms with Crippen LogP contribution >= 0.6 is 0 Å². The summed E-state index contributed by atoms with van der Waals surface area (Å²) >= 11 is 0. The minimum atomic E-state index is -3.15. The summed E-state index contributed by atoms with van der Waals surface area (Å²) in [5.74, 6) is -15.2. The molecule has 4 aromatic rings. The van der Waals surface area contributed by atoms with Gasteiger partial charge in [-0.15, -0.1) is 0 Å². The van der Waals surface area contributed by atoms with Crippen LogP contribution in [0.5, 0.6) is 5.75 Å². The van der Waals surface area contributed by atoms with Gasteiger partial charge in [-0.2, -0.15) is 0 Å². The second kappa shape index (κ2) is 18.3. The maximum atomic E-state index is 16.5. The normalized spacial score (nSPS) is 13.8. The molecule has 0 saturated heterocycles. The zero-order valence-electron chi connectivity index (χ0n) is 31.8. The van der Waals surface area contributed by atoms with Crippen molar-refractivity contribution < 1.29 is 39.5 Å². The van der Waals surface area contributed by atoms with Gasteiger partial charge in [0.25, 0.3) is 8.32 Å². The van der Waals surface area contributed by atoms with E-state index in [0.29, 0.717) is 12.1 Å². The van der Waals surface area contributed by atoms with E-state index >= 15 is 26.3 Å². The second-order valence-electron chi connectivity index (χ2n) is 15.6. The van der Waals surface area contributed by atoms with Gasteiger partial charge in [-0.1, -0.05) is 143 Å². The maximum Gasteiger partial charge on any atom is 0.254 e. The lowest BCUT2D eigenvalue weighted by Crippen LogP contribution is -2.45. The summed E-state index contributed by atoms with van der Waals surface area (Å²) in [6, 6.07) is 5.06. The van der Waals surface area contributed by atoms with Gasteiger partial charge in [-0.25, -0.2) is 35.1 Å². The van der Waals surface area contributed by atoms with E-state index in [1.165, 1.54) is 24.6 Å². The topological polar surface area (TPSA) is 9.23 Å². The van der Waals surface area contributed by atoms with Gasteiger partial charge in [0.1, 0.15) is 11.6 Å². The van der Waals surface area contributed by atoms with Crippen molar-refractivity contribution in [2.24, 2.45) is 0 Å². The summed E-state index contributed by atoms with van der Waals surface area (Å²) in [4.78, 5) is 0. The summed E-state index contributed by atoms with van der Waals surface area (Å²) in [6.45, 7) is 13.0. The molecule has 4 aromatic carbocycles. The zero-order valence-corrected chi connectivity index (χ0v) is 33.8. The SMILES string of the molecule is CCCCCCCCC[Si](CCCCCCCC[Si](C)(CC)CC)(Oc1c(F)c2c(F)c(F)c3c(F)cc(F)c4c(F)c(F)c(c1F)c2c34)C(C)C. The van der Waals surface area contributed by atoms with Crippen molar-refractivity contribution in [3.63, 3.8) is 0 Å². The standard InChI is InChI=1S/C41H56F8OSi2/c1-7-10-11-12-13-17-20-23-52(26(4)5,24-21-18-15-14-16-19-22-51(6,8-2)9-3)50-41-39(48)33-32-31-29(35(44)37(33)46)27(42)25-28(43)30(31)36(45)38(47)34(32)40(41)49/h25-26H,7-24H2,1-6H3. The molecule has 0 bridgehead atoms. The van der Waals surface area contributed by atoms with Crippen LogP contribution in [0.2, 0.25) is 42.3 Å². The predicted molar refractivity (Wildman–Crippen MR) is 204 cm³/mol. The molecule has 0 saturated carbocycles. The molecule has 0 spiro atoms. The first kappa shape index (κ1) is 42.3. The molecule has 0 aromatic heterocycles. The quantitative estimate of drug-likeness (QED) is 0.0335. The van der Waals surface area contributed by atoms with Gasteiger partial charge in [-0.3, -0.25) is 0 Å². The number of benzene rings is 4. The molecule has 11 heteroatoms. The first-order valence-corrected chi connectivity index (χ1v) is 25.1. The molecule has 0 N–H and O–H groups in total. The van der Waals surface area contributed by atoms with Crippen molar-refractivity contribution >= 4 is 48.7 Å². The first-order valence-electron chi connectivity index (χ1n) is 19.6. The van der Waals surface area contributed by atoms with Crippen LogP contribution in [-0.4, -0.2) is 16.4 Å². The van der Waals surface area contributed by atoms with Crippen LogP contribution in [-0.2, 0) is 0 Å². The van der Waals surface area contributed by atoms with Crippen LogP contribution < -0.4 is 4.43 Å². The Kier molecular flexibility index (Phi) is 14.9. The monoisotopic (exact) mass is 772 g/mol. The highest BCUT2D eigenvalue weighted by Crippen LogP contribution is 2.48. The lowest BCUT2D eigenvalue weighted by molar-refractivity contribution is 0.426. The zero-order chi connectivity index (χ0) is 38.4. The predicted octanol–water partition coefficient (Wildman–Crippen LogP) is 15.6. The van der Waals surface area contributed by atoms with E-state index in [1.54, 1.807) is 0 Å². The van der Waals surface area contributed by atoms with E-state index < -0.39 is 101 Å². The van der Waals surface area contributed by atoms with E-state index in [4.69, 9.17) is 4.43 Å². The van der Waals surface area contributed by atoms with Crippen LogP contribution in [0.4, 0.5) is 35.1 Å². The Morgan fingerprint density at radius 3 is 1.25 bits per heavy atom. The molecule has 0 radical (unpaired) electrons. The lowest BCUT2D eigenvalue weighted by Gasteiger charge is -2.36. The molecule has 290 valence electrons. The van der Waals surface area contributed by atoms with Gasteiger partial charge >= 0.3 is 0 Å². The fourth-order valence-electron chi connectivity index (χ4n) is 7.95. The minimum absolute atomic E-state index is 0.0937. The van der Waals surface area contributed by atoms with E-state index in [0.717, 1.165) is 77.0 Å². The Labute approximate surface area is 306 Å². The van der Waals surface area contributed by atoms with Gasteiger partial charge in [0.05, 0.1) is 21.5 Å². The van der Waals surface area contributed by atoms with Crippen molar-refractivity contribution in [3.8, 4) is 5.75 Å². The Hall–Kier alpha value is -2.41. The summed E-state index contributed by atoms with van der Waals surface area (Å²) in [6.07, 6.45) is 13.1.